The van der Waals surface area contributed by atoms with E-state index in [4.69, 9.17) is 0 Å². The molecule has 1 heterocycles. The number of hydrogen-bond donors (Lipinski definition) is 0. The summed E-state index contributed by atoms with van der Waals surface area (Å²) in [6, 6.07) is 75.6. The predicted octanol–water partition coefficient (Wildman–Crippen LogP) is 15.0. The molecule has 0 amide bonds. The third kappa shape index (κ3) is 5.33. The average Bonchev–Trinajstić information content (AvgIpc) is 3.72. The highest BCUT2D eigenvalue weighted by atomic mass is 15.1. The van der Waals surface area contributed by atoms with Gasteiger partial charge in [-0.25, -0.2) is 0 Å². The van der Waals surface area contributed by atoms with E-state index >= 15 is 0 Å². The predicted molar refractivity (Wildman–Crippen MR) is 241 cm³/mol. The third-order valence-electron chi connectivity index (χ3n) is 12.2. The summed E-state index contributed by atoms with van der Waals surface area (Å²) in [6.07, 6.45) is 0. The quantitative estimate of drug-likeness (QED) is 0.165. The first kappa shape index (κ1) is 33.2. The molecule has 0 spiro atoms. The van der Waals surface area contributed by atoms with Gasteiger partial charge in [-0.1, -0.05) is 159 Å². The molecular formula is C55H40N2. The fourth-order valence-corrected chi connectivity index (χ4v) is 9.37. The maximum atomic E-state index is 2.45. The van der Waals surface area contributed by atoms with E-state index in [1.54, 1.807) is 0 Å². The molecular weight excluding hydrogens is 689 g/mol. The second-order valence-electron chi connectivity index (χ2n) is 15.8. The van der Waals surface area contributed by atoms with E-state index in [9.17, 15) is 0 Å². The molecule has 10 aromatic rings. The van der Waals surface area contributed by atoms with Gasteiger partial charge in [0.25, 0.3) is 0 Å². The fraction of sp³-hybridized carbons (Fsp3) is 0.0545. The number of anilines is 3. The number of benzene rings is 9. The molecule has 0 aliphatic heterocycles. The number of aromatic nitrogens is 1. The van der Waals surface area contributed by atoms with E-state index < -0.39 is 0 Å². The summed E-state index contributed by atoms with van der Waals surface area (Å²) < 4.78 is 2.37. The summed E-state index contributed by atoms with van der Waals surface area (Å²) in [6.45, 7) is 4.71. The number of hydrogen-bond acceptors (Lipinski definition) is 1. The van der Waals surface area contributed by atoms with Gasteiger partial charge >= 0.3 is 0 Å². The number of nitrogens with zero attached hydrogens (tertiary/aromatic N) is 2. The average molecular weight is 729 g/mol. The highest BCUT2D eigenvalue weighted by Crippen LogP contribution is 2.51. The SMILES string of the molecule is CC1(C)c2ccccc2-c2ccc(N(c3cccc(-c4cccc(-c5ccc(-n6c7ccccc7c7ccccc76)cc5)c4)c3)c3cccc4ccccc34)cc21. The molecule has 0 fully saturated rings. The molecule has 9 aromatic carbocycles. The highest BCUT2D eigenvalue weighted by Gasteiger charge is 2.35. The maximum absolute atomic E-state index is 2.45. The van der Waals surface area contributed by atoms with E-state index in [1.807, 2.05) is 0 Å². The molecule has 1 aliphatic rings. The van der Waals surface area contributed by atoms with E-state index in [2.05, 4.69) is 230 Å². The van der Waals surface area contributed by atoms with Crippen LogP contribution in [0, 0.1) is 0 Å². The van der Waals surface area contributed by atoms with Crippen LogP contribution in [0.1, 0.15) is 25.0 Å². The van der Waals surface area contributed by atoms with Crippen LogP contribution in [0.2, 0.25) is 0 Å². The van der Waals surface area contributed by atoms with Gasteiger partial charge in [-0.3, -0.25) is 0 Å². The van der Waals surface area contributed by atoms with E-state index in [0.717, 1.165) is 22.7 Å². The molecule has 0 bridgehead atoms. The molecule has 57 heavy (non-hydrogen) atoms. The van der Waals surface area contributed by atoms with Crippen molar-refractivity contribution in [2.45, 2.75) is 19.3 Å². The third-order valence-corrected chi connectivity index (χ3v) is 12.2. The second kappa shape index (κ2) is 13.0. The van der Waals surface area contributed by atoms with Crippen LogP contribution in [0.15, 0.2) is 206 Å². The Hall–Kier alpha value is -7.16. The van der Waals surface area contributed by atoms with Gasteiger partial charge in [0.05, 0.1) is 16.7 Å². The minimum atomic E-state index is -0.101. The van der Waals surface area contributed by atoms with Gasteiger partial charge in [0, 0.05) is 38.6 Å². The Morgan fingerprint density at radius 2 is 0.947 bits per heavy atom. The largest absolute Gasteiger partial charge is 0.310 e. The van der Waals surface area contributed by atoms with Gasteiger partial charge in [-0.15, -0.1) is 0 Å². The zero-order valence-electron chi connectivity index (χ0n) is 32.0. The van der Waals surface area contributed by atoms with Crippen molar-refractivity contribution in [3.8, 4) is 39.1 Å². The van der Waals surface area contributed by atoms with Crippen LogP contribution < -0.4 is 4.90 Å². The highest BCUT2D eigenvalue weighted by molar-refractivity contribution is 6.09. The van der Waals surface area contributed by atoms with Crippen molar-refractivity contribution in [2.24, 2.45) is 0 Å². The van der Waals surface area contributed by atoms with Gasteiger partial charge in [-0.2, -0.15) is 0 Å². The number of fused-ring (bicyclic) bond motifs is 7. The smallest absolute Gasteiger partial charge is 0.0541 e. The first-order chi connectivity index (χ1) is 28.0. The van der Waals surface area contributed by atoms with Crippen molar-refractivity contribution < 1.29 is 0 Å². The lowest BCUT2D eigenvalue weighted by atomic mass is 9.82. The minimum Gasteiger partial charge on any atom is -0.310 e. The Bertz CT molecular complexity index is 3100. The van der Waals surface area contributed by atoms with Crippen LogP contribution in [0.4, 0.5) is 17.1 Å². The van der Waals surface area contributed by atoms with Crippen LogP contribution in [-0.2, 0) is 5.41 Å². The molecule has 1 aromatic heterocycles. The Balaban J connectivity index is 0.993. The lowest BCUT2D eigenvalue weighted by molar-refractivity contribution is 0.660. The first-order valence-corrected chi connectivity index (χ1v) is 19.8. The van der Waals surface area contributed by atoms with Crippen molar-refractivity contribution in [3.05, 3.63) is 217 Å². The lowest BCUT2D eigenvalue weighted by Gasteiger charge is -2.29. The summed E-state index contributed by atoms with van der Waals surface area (Å²) >= 11 is 0. The van der Waals surface area contributed by atoms with E-state index in [0.29, 0.717) is 0 Å². The summed E-state index contributed by atoms with van der Waals surface area (Å²) in [5, 5.41) is 5.00. The van der Waals surface area contributed by atoms with Gasteiger partial charge in [0.1, 0.15) is 0 Å². The van der Waals surface area contributed by atoms with Gasteiger partial charge in [0.15, 0.2) is 0 Å². The Kier molecular flexibility index (Phi) is 7.55. The van der Waals surface area contributed by atoms with Crippen LogP contribution in [0.3, 0.4) is 0 Å². The Labute approximate surface area is 333 Å². The molecule has 11 rings (SSSR count). The van der Waals surface area contributed by atoms with Crippen molar-refractivity contribution in [1.29, 1.82) is 0 Å². The summed E-state index contributed by atoms with van der Waals surface area (Å²) in [5.41, 5.74) is 17.1. The summed E-state index contributed by atoms with van der Waals surface area (Å²) in [4.78, 5) is 2.45. The molecule has 2 heteroatoms. The molecule has 0 atom stereocenters. The van der Waals surface area contributed by atoms with Gasteiger partial charge in [-0.05, 0) is 111 Å². The van der Waals surface area contributed by atoms with Crippen molar-refractivity contribution >= 4 is 49.6 Å². The monoisotopic (exact) mass is 728 g/mol. The van der Waals surface area contributed by atoms with Crippen LogP contribution in [-0.4, -0.2) is 4.57 Å². The minimum absolute atomic E-state index is 0.101. The molecule has 1 aliphatic carbocycles. The first-order valence-electron chi connectivity index (χ1n) is 19.8. The van der Waals surface area contributed by atoms with Crippen LogP contribution >= 0.6 is 0 Å². The Morgan fingerprint density at radius 1 is 0.386 bits per heavy atom. The van der Waals surface area contributed by atoms with Crippen molar-refractivity contribution in [1.82, 2.24) is 4.57 Å². The van der Waals surface area contributed by atoms with Crippen LogP contribution in [0.5, 0.6) is 0 Å². The number of para-hydroxylation sites is 2. The molecule has 2 nitrogen and oxygen atoms in total. The van der Waals surface area contributed by atoms with E-state index in [-0.39, 0.29) is 5.41 Å². The molecule has 0 radical (unpaired) electrons. The summed E-state index contributed by atoms with van der Waals surface area (Å²) in [7, 11) is 0. The van der Waals surface area contributed by atoms with Crippen LogP contribution in [0.25, 0.3) is 71.6 Å². The summed E-state index contributed by atoms with van der Waals surface area (Å²) in [5.74, 6) is 0. The fourth-order valence-electron chi connectivity index (χ4n) is 9.37. The van der Waals surface area contributed by atoms with Crippen molar-refractivity contribution in [3.63, 3.8) is 0 Å². The standard InChI is InChI=1S/C55H40N2/c1-55(2)50-24-8-5-21-46(50)47-33-32-44(36-51(47)55)56(52-27-13-15-38-14-3-4-20-45(38)52)43-19-12-18-41(35-43)40-17-11-16-39(34-40)37-28-30-42(31-29-37)57-53-25-9-6-22-48(53)49-23-7-10-26-54(49)57/h3-36H,1-2H3. The molecule has 270 valence electrons. The lowest BCUT2D eigenvalue weighted by Crippen LogP contribution is -2.16. The van der Waals surface area contributed by atoms with Crippen molar-refractivity contribution in [2.75, 3.05) is 4.90 Å². The van der Waals surface area contributed by atoms with Gasteiger partial charge in [0.2, 0.25) is 0 Å². The van der Waals surface area contributed by atoms with E-state index in [1.165, 1.54) is 77.1 Å². The van der Waals surface area contributed by atoms with Gasteiger partial charge < -0.3 is 9.47 Å². The maximum Gasteiger partial charge on any atom is 0.0541 e. The number of rotatable bonds is 6. The topological polar surface area (TPSA) is 8.17 Å². The molecule has 0 unspecified atom stereocenters. The second-order valence-corrected chi connectivity index (χ2v) is 15.8. The Morgan fingerprint density at radius 3 is 1.72 bits per heavy atom. The zero-order chi connectivity index (χ0) is 38.1. The normalized spacial score (nSPS) is 12.9. The molecule has 0 saturated heterocycles. The molecule has 0 N–H and O–H groups in total. The zero-order valence-corrected chi connectivity index (χ0v) is 32.0. The molecule has 0 saturated carbocycles.